The number of ketones is 4. The van der Waals surface area contributed by atoms with Crippen LogP contribution in [0.4, 0.5) is 0 Å². The van der Waals surface area contributed by atoms with E-state index in [1.165, 1.54) is 43.9 Å². The maximum atomic E-state index is 12.6. The largest absolute Gasteiger partial charge is 2.00 e. The summed E-state index contributed by atoms with van der Waals surface area (Å²) in [4.78, 5) is 93.2. The molecule has 0 fully saturated rings. The van der Waals surface area contributed by atoms with Gasteiger partial charge in [0.2, 0.25) is 25.6 Å². The Bertz CT molecular complexity index is 2890. The Hall–Kier alpha value is -9.32. The van der Waals surface area contributed by atoms with E-state index in [1.54, 1.807) is 192 Å². The van der Waals surface area contributed by atoms with Crippen LogP contribution in [-0.4, -0.2) is 135 Å². The molecule has 6 rings (SSSR count). The number of rotatable bonds is 16. The molecule has 0 aliphatic heterocycles. The van der Waals surface area contributed by atoms with Crippen LogP contribution < -0.4 is 20.4 Å². The van der Waals surface area contributed by atoms with E-state index in [-0.39, 0.29) is 56.4 Å². The van der Waals surface area contributed by atoms with Crippen molar-refractivity contribution in [1.29, 1.82) is 0 Å². The number of amides is 4. The molecule has 6 aromatic rings. The number of nitrogens with zero attached hydrogens (tertiary/aromatic N) is 4. The van der Waals surface area contributed by atoms with Gasteiger partial charge in [-0.3, -0.25) is 38.4 Å². The molecular formula is C62H64Cu2N4O14. The minimum absolute atomic E-state index is 0. The van der Waals surface area contributed by atoms with Crippen molar-refractivity contribution in [2.75, 3.05) is 56.4 Å². The second kappa shape index (κ2) is 39.9. The van der Waals surface area contributed by atoms with Crippen LogP contribution in [0, 0.1) is 13.8 Å². The summed E-state index contributed by atoms with van der Waals surface area (Å²) in [7, 11) is 13.5. The molecule has 0 aromatic heterocycles. The molecule has 6 aromatic carbocycles. The predicted molar refractivity (Wildman–Crippen MR) is 300 cm³/mol. The summed E-state index contributed by atoms with van der Waals surface area (Å²) in [6, 6.07) is 38.5. The first-order chi connectivity index (χ1) is 37.8. The Balaban J connectivity index is 0. The van der Waals surface area contributed by atoms with E-state index in [9.17, 15) is 69.0 Å². The number of carbonyl (C=O) groups excluding carboxylic acids is 8. The van der Waals surface area contributed by atoms with Gasteiger partial charge in [0.05, 0.1) is 11.1 Å². The molecule has 0 aliphatic carbocycles. The number of hydrogen-bond donors (Lipinski definition) is 2. The maximum Gasteiger partial charge on any atom is 2.00 e. The molecule has 18 nitrogen and oxygen atoms in total. The number of aromatic hydroxyl groups is 2. The summed E-state index contributed by atoms with van der Waals surface area (Å²) in [6.07, 6.45) is 6.49. The number of carbonyl (C=O) groups is 8. The fraction of sp³-hybridized carbons (Fsp3) is 0.161. The quantitative estimate of drug-likeness (QED) is 0.0442. The van der Waals surface area contributed by atoms with Gasteiger partial charge in [-0.15, -0.1) is 0 Å². The first-order valence-corrected chi connectivity index (χ1v) is 23.9. The van der Waals surface area contributed by atoms with Crippen LogP contribution >= 0.6 is 0 Å². The Morgan fingerprint density at radius 2 is 0.537 bits per heavy atom. The van der Waals surface area contributed by atoms with Gasteiger partial charge >= 0.3 is 34.1 Å². The van der Waals surface area contributed by atoms with Crippen LogP contribution in [0.25, 0.3) is 23.0 Å². The van der Waals surface area contributed by atoms with E-state index in [2.05, 4.69) is 0 Å². The first kappa shape index (κ1) is 74.8. The molecule has 2 radical (unpaired) electrons. The van der Waals surface area contributed by atoms with E-state index in [4.69, 9.17) is 0 Å². The zero-order chi connectivity index (χ0) is 60.5. The summed E-state index contributed by atoms with van der Waals surface area (Å²) in [6.45, 7) is 3.29. The smallest absolute Gasteiger partial charge is 0.872 e. The van der Waals surface area contributed by atoms with E-state index < -0.39 is 57.7 Å². The molecule has 4 amide bonds. The van der Waals surface area contributed by atoms with Gasteiger partial charge in [-0.05, 0) is 84.7 Å². The van der Waals surface area contributed by atoms with Gasteiger partial charge in [-0.1, -0.05) is 144 Å². The summed E-state index contributed by atoms with van der Waals surface area (Å²) in [5.74, 6) is -6.10. The van der Waals surface area contributed by atoms with Crippen molar-refractivity contribution in [2.45, 2.75) is 13.8 Å². The van der Waals surface area contributed by atoms with Crippen LogP contribution in [-0.2, 0) is 53.3 Å². The molecule has 2 N–H and O–H groups in total. The fourth-order valence-corrected chi connectivity index (χ4v) is 5.84. The molecule has 82 heavy (non-hydrogen) atoms. The number of allylic oxidation sites excluding steroid dienone is 4. The standard InChI is InChI=1S/2C25H20O5.4C3H7NO.2Cu/c2*1-16-12-19(23(28)14-21(26)17-8-4-2-5-9-17)25(30)20(13-16)24(29)15-22(27)18-10-6-3-7-11-18;4*1-4(2)3-5;;/h2*2-15,26,29-30H,1H3;4*3H,1-2H3;;/q;;;;;;2*+2/p-4/b2*21-14-,24-15-;;;;;;. The molecule has 0 spiro atoms. The fourth-order valence-electron chi connectivity index (χ4n) is 5.84. The van der Waals surface area contributed by atoms with Crippen molar-refractivity contribution in [2.24, 2.45) is 0 Å². The summed E-state index contributed by atoms with van der Waals surface area (Å²) in [5.41, 5.74) is 1.67. The summed E-state index contributed by atoms with van der Waals surface area (Å²) in [5, 5.41) is 70.8. The zero-order valence-corrected chi connectivity index (χ0v) is 48.5. The topological polar surface area (TPSA) is 282 Å². The van der Waals surface area contributed by atoms with E-state index >= 15 is 0 Å². The summed E-state index contributed by atoms with van der Waals surface area (Å²) < 4.78 is 0. The minimum Gasteiger partial charge on any atom is -0.872 e. The third-order valence-electron chi connectivity index (χ3n) is 9.70. The van der Waals surface area contributed by atoms with Crippen LogP contribution in [0.3, 0.4) is 0 Å². The van der Waals surface area contributed by atoms with Crippen LogP contribution in [0.5, 0.6) is 11.5 Å². The van der Waals surface area contributed by atoms with Crippen molar-refractivity contribution in [1.82, 2.24) is 19.6 Å². The second-order valence-electron chi connectivity index (χ2n) is 17.6. The Morgan fingerprint density at radius 3 is 0.756 bits per heavy atom. The van der Waals surface area contributed by atoms with Crippen molar-refractivity contribution in [3.05, 3.63) is 226 Å². The third-order valence-corrected chi connectivity index (χ3v) is 9.70. The van der Waals surface area contributed by atoms with Gasteiger partial charge in [0.1, 0.15) is 11.5 Å². The van der Waals surface area contributed by atoms with Gasteiger partial charge < -0.3 is 50.2 Å². The molecule has 0 heterocycles. The van der Waals surface area contributed by atoms with E-state index in [0.29, 0.717) is 33.4 Å². The first-order valence-electron chi connectivity index (χ1n) is 23.9. The Kier molecular flexibility index (Phi) is 36.4. The number of hydrogen-bond acceptors (Lipinski definition) is 14. The average molecular weight is 1220 g/mol. The molecule has 0 saturated carbocycles. The number of phenolic OH excluding ortho intramolecular Hbond substituents is 2. The van der Waals surface area contributed by atoms with Crippen LogP contribution in [0.15, 0.2) is 170 Å². The SMILES string of the molecule is CN(C)C=O.CN(C)C=O.CN(C)C=O.CN(C)C=O.Cc1cc(C(=O)/C=C(\[O-])c2ccccc2)c(O)c(/C([O-])=C/C(=O)c2ccccc2)c1.Cc1cc(C(=O)/C=C(\[O-])c2ccccc2)c(O)c(/C([O-])=C/C(=O)c2ccccc2)c1.[Cu+2].[Cu+2]. The molecular weight excluding hydrogens is 1150 g/mol. The molecule has 0 bridgehead atoms. The maximum absolute atomic E-state index is 12.6. The number of phenols is 2. The zero-order valence-electron chi connectivity index (χ0n) is 46.7. The monoisotopic (exact) mass is 1210 g/mol. The normalized spacial score (nSPS) is 10.4. The van der Waals surface area contributed by atoms with Crippen LogP contribution in [0.2, 0.25) is 0 Å². The van der Waals surface area contributed by atoms with Gasteiger partial charge in [0, 0.05) is 78.6 Å². The van der Waals surface area contributed by atoms with Gasteiger partial charge in [-0.25, -0.2) is 0 Å². The minimum atomic E-state index is -0.728. The van der Waals surface area contributed by atoms with E-state index in [0.717, 1.165) is 49.9 Å². The van der Waals surface area contributed by atoms with Crippen LogP contribution in [0.1, 0.15) is 74.8 Å². The van der Waals surface area contributed by atoms with E-state index in [1.807, 2.05) is 0 Å². The van der Waals surface area contributed by atoms with Crippen molar-refractivity contribution in [3.8, 4) is 11.5 Å². The number of aryl methyl sites for hydroxylation is 2. The third kappa shape index (κ3) is 28.0. The predicted octanol–water partition coefficient (Wildman–Crippen LogP) is 4.55. The summed E-state index contributed by atoms with van der Waals surface area (Å²) >= 11 is 0. The van der Waals surface area contributed by atoms with Crippen molar-refractivity contribution < 1.29 is 103 Å². The molecule has 20 heteroatoms. The molecule has 0 aliphatic rings. The molecule has 0 saturated heterocycles. The Labute approximate surface area is 499 Å². The second-order valence-corrected chi connectivity index (χ2v) is 17.6. The molecule has 0 atom stereocenters. The Morgan fingerprint density at radius 1 is 0.341 bits per heavy atom. The van der Waals surface area contributed by atoms with Crippen molar-refractivity contribution in [3.63, 3.8) is 0 Å². The average Bonchev–Trinajstić information content (AvgIpc) is 3.45. The van der Waals surface area contributed by atoms with Gasteiger partial charge in [-0.2, -0.15) is 0 Å². The number of benzene rings is 6. The molecule has 0 unspecified atom stereocenters. The van der Waals surface area contributed by atoms with Gasteiger partial charge in [0.15, 0.2) is 23.1 Å². The van der Waals surface area contributed by atoms with Gasteiger partial charge in [0.25, 0.3) is 0 Å². The molecule has 438 valence electrons. The van der Waals surface area contributed by atoms with Crippen molar-refractivity contribution >= 4 is 71.8 Å².